The van der Waals surface area contributed by atoms with E-state index in [1.165, 1.54) is 4.90 Å². The van der Waals surface area contributed by atoms with Crippen molar-refractivity contribution in [1.29, 1.82) is 0 Å². The number of ether oxygens (including phenoxy) is 2. The van der Waals surface area contributed by atoms with Gasteiger partial charge in [-0.3, -0.25) is 4.90 Å². The van der Waals surface area contributed by atoms with Crippen LogP contribution >= 0.6 is 0 Å². The summed E-state index contributed by atoms with van der Waals surface area (Å²) in [6.07, 6.45) is -0.583. The summed E-state index contributed by atoms with van der Waals surface area (Å²) in [6.45, 7) is 11.2. The van der Waals surface area contributed by atoms with E-state index in [1.54, 1.807) is 13.8 Å². The quantitative estimate of drug-likeness (QED) is 0.749. The Morgan fingerprint density at radius 3 is 2.65 bits per heavy atom. The van der Waals surface area contributed by atoms with E-state index in [-0.39, 0.29) is 0 Å². The zero-order valence-corrected chi connectivity index (χ0v) is 13.2. The molecular weight excluding hydrogens is 258 g/mol. The Kier molecular flexibility index (Phi) is 5.06. The van der Waals surface area contributed by atoms with Gasteiger partial charge >= 0.3 is 6.09 Å². The molecule has 0 aromatic rings. The molecule has 1 rings (SSSR count). The van der Waals surface area contributed by atoms with Gasteiger partial charge in [0.25, 0.3) is 0 Å². The lowest BCUT2D eigenvalue weighted by Crippen LogP contribution is -2.49. The first-order valence-corrected chi connectivity index (χ1v) is 6.92. The molecule has 0 aromatic heterocycles. The molecule has 5 nitrogen and oxygen atoms in total. The summed E-state index contributed by atoms with van der Waals surface area (Å²) in [6, 6.07) is -0.402. The third-order valence-corrected chi connectivity index (χ3v) is 2.88. The Bertz CT molecular complexity index is 414. The van der Waals surface area contributed by atoms with E-state index in [1.807, 2.05) is 27.7 Å². The van der Waals surface area contributed by atoms with Crippen molar-refractivity contribution in [3.63, 3.8) is 0 Å². The van der Waals surface area contributed by atoms with Crippen molar-refractivity contribution in [3.8, 4) is 11.8 Å². The Balaban J connectivity index is 2.90. The number of aliphatic hydroxyl groups is 1. The van der Waals surface area contributed by atoms with Gasteiger partial charge in [-0.2, -0.15) is 0 Å². The van der Waals surface area contributed by atoms with Crippen LogP contribution in [0.1, 0.15) is 48.0 Å². The fraction of sp³-hybridized carbons (Fsp3) is 0.800. The second kappa shape index (κ2) is 6.02. The fourth-order valence-electron chi connectivity index (χ4n) is 1.86. The van der Waals surface area contributed by atoms with Gasteiger partial charge in [-0.25, -0.2) is 4.79 Å². The number of nitrogens with zero attached hydrogens (tertiary/aromatic N) is 1. The normalized spacial score (nSPS) is 22.9. The second-order valence-electron chi connectivity index (χ2n) is 6.34. The largest absolute Gasteiger partial charge is 0.444 e. The summed E-state index contributed by atoms with van der Waals surface area (Å²) in [7, 11) is 0. The molecular formula is C15H25NO4. The van der Waals surface area contributed by atoms with Crippen molar-refractivity contribution in [1.82, 2.24) is 4.90 Å². The van der Waals surface area contributed by atoms with Crippen molar-refractivity contribution < 1.29 is 19.4 Å². The standard InChI is InChI=1S/C15H25NO4/c1-7-12(17)9-8-11-10-19-15(5,6)16(11)13(18)20-14(2,3)4/h11-12,17H,7,10H2,1-6H3/t11-,12?/m1/s1. The predicted octanol–water partition coefficient (Wildman–Crippen LogP) is 2.13. The van der Waals surface area contributed by atoms with Gasteiger partial charge in [0, 0.05) is 0 Å². The molecule has 0 radical (unpaired) electrons. The van der Waals surface area contributed by atoms with Crippen molar-refractivity contribution in [2.75, 3.05) is 6.61 Å². The van der Waals surface area contributed by atoms with Gasteiger partial charge in [0.15, 0.2) is 0 Å². The minimum Gasteiger partial charge on any atom is -0.444 e. The first-order chi connectivity index (χ1) is 9.07. The van der Waals surface area contributed by atoms with E-state index >= 15 is 0 Å². The molecule has 1 N–H and O–H groups in total. The topological polar surface area (TPSA) is 59.0 Å². The van der Waals surface area contributed by atoms with Crippen LogP contribution in [0.3, 0.4) is 0 Å². The minimum atomic E-state index is -0.765. The number of aliphatic hydroxyl groups excluding tert-OH is 1. The van der Waals surface area contributed by atoms with Crippen LogP contribution in [-0.2, 0) is 9.47 Å². The van der Waals surface area contributed by atoms with E-state index in [0.717, 1.165) is 0 Å². The van der Waals surface area contributed by atoms with Crippen LogP contribution in [0, 0.1) is 11.8 Å². The summed E-state index contributed by atoms with van der Waals surface area (Å²) < 4.78 is 11.0. The molecule has 0 aliphatic carbocycles. The lowest BCUT2D eigenvalue weighted by Gasteiger charge is -2.33. The fourth-order valence-corrected chi connectivity index (χ4v) is 1.86. The van der Waals surface area contributed by atoms with Crippen molar-refractivity contribution in [3.05, 3.63) is 0 Å². The summed E-state index contributed by atoms with van der Waals surface area (Å²) in [5.74, 6) is 5.64. The van der Waals surface area contributed by atoms with Gasteiger partial charge in [0.2, 0.25) is 0 Å². The summed E-state index contributed by atoms with van der Waals surface area (Å²) >= 11 is 0. The average molecular weight is 283 g/mol. The van der Waals surface area contributed by atoms with Crippen LogP contribution in [0.2, 0.25) is 0 Å². The molecule has 2 atom stereocenters. The number of hydrogen-bond acceptors (Lipinski definition) is 4. The SMILES string of the molecule is CCC(O)C#C[C@@H]1COC(C)(C)N1C(=O)OC(C)(C)C. The van der Waals surface area contributed by atoms with Crippen LogP contribution < -0.4 is 0 Å². The van der Waals surface area contributed by atoms with Crippen molar-refractivity contribution >= 4 is 6.09 Å². The van der Waals surface area contributed by atoms with Gasteiger partial charge in [0.05, 0.1) is 6.61 Å². The molecule has 1 unspecified atom stereocenters. The molecule has 1 amide bonds. The number of carbonyl (C=O) groups is 1. The van der Waals surface area contributed by atoms with Crippen LogP contribution in [0.4, 0.5) is 4.79 Å². The van der Waals surface area contributed by atoms with E-state index in [9.17, 15) is 9.90 Å². The molecule has 5 heteroatoms. The van der Waals surface area contributed by atoms with Crippen molar-refractivity contribution in [2.45, 2.75) is 71.4 Å². The number of rotatable bonds is 1. The highest BCUT2D eigenvalue weighted by Crippen LogP contribution is 2.29. The molecule has 1 aliphatic heterocycles. The van der Waals surface area contributed by atoms with E-state index in [2.05, 4.69) is 11.8 Å². The number of carbonyl (C=O) groups excluding carboxylic acids is 1. The zero-order valence-electron chi connectivity index (χ0n) is 13.2. The smallest absolute Gasteiger partial charge is 0.413 e. The molecule has 1 aliphatic rings. The van der Waals surface area contributed by atoms with Gasteiger partial charge in [-0.15, -0.1) is 0 Å². The highest BCUT2D eigenvalue weighted by atomic mass is 16.6. The summed E-state index contributed by atoms with van der Waals surface area (Å²) in [4.78, 5) is 13.8. The lowest BCUT2D eigenvalue weighted by atomic mass is 10.2. The highest BCUT2D eigenvalue weighted by Gasteiger charge is 2.45. The Morgan fingerprint density at radius 1 is 1.55 bits per heavy atom. The predicted molar refractivity (Wildman–Crippen MR) is 76.0 cm³/mol. The maximum atomic E-state index is 12.3. The first-order valence-electron chi connectivity index (χ1n) is 6.92. The van der Waals surface area contributed by atoms with Crippen molar-refractivity contribution in [2.24, 2.45) is 0 Å². The molecule has 0 aromatic carbocycles. The van der Waals surface area contributed by atoms with Gasteiger partial charge in [0.1, 0.15) is 23.5 Å². The van der Waals surface area contributed by atoms with Crippen LogP contribution in [0.25, 0.3) is 0 Å². The highest BCUT2D eigenvalue weighted by molar-refractivity contribution is 5.70. The molecule has 114 valence electrons. The monoisotopic (exact) mass is 283 g/mol. The third-order valence-electron chi connectivity index (χ3n) is 2.88. The van der Waals surface area contributed by atoms with Crippen LogP contribution in [0.5, 0.6) is 0 Å². The maximum absolute atomic E-state index is 12.3. The molecule has 20 heavy (non-hydrogen) atoms. The first kappa shape index (κ1) is 16.8. The summed E-state index contributed by atoms with van der Waals surface area (Å²) in [5.41, 5.74) is -1.34. The Labute approximate surface area is 121 Å². The second-order valence-corrected chi connectivity index (χ2v) is 6.34. The molecule has 0 saturated carbocycles. The number of amides is 1. The van der Waals surface area contributed by atoms with Crippen LogP contribution in [0.15, 0.2) is 0 Å². The van der Waals surface area contributed by atoms with Gasteiger partial charge in [-0.05, 0) is 41.0 Å². The molecule has 1 saturated heterocycles. The lowest BCUT2D eigenvalue weighted by molar-refractivity contribution is -0.0608. The minimum absolute atomic E-state index is 0.315. The van der Waals surface area contributed by atoms with E-state index < -0.39 is 29.6 Å². The zero-order chi connectivity index (χ0) is 15.6. The molecule has 1 fully saturated rings. The van der Waals surface area contributed by atoms with E-state index in [0.29, 0.717) is 13.0 Å². The number of hydrogen-bond donors (Lipinski definition) is 1. The van der Waals surface area contributed by atoms with Crippen LogP contribution in [-0.4, -0.2) is 46.2 Å². The average Bonchev–Trinajstić information content (AvgIpc) is 2.59. The Hall–Kier alpha value is -1.25. The maximum Gasteiger partial charge on any atom is 0.413 e. The molecule has 0 bridgehead atoms. The Morgan fingerprint density at radius 2 is 2.15 bits per heavy atom. The van der Waals surface area contributed by atoms with Gasteiger partial charge < -0.3 is 14.6 Å². The van der Waals surface area contributed by atoms with E-state index in [4.69, 9.17) is 9.47 Å². The molecule has 0 spiro atoms. The van der Waals surface area contributed by atoms with Gasteiger partial charge in [-0.1, -0.05) is 18.8 Å². The molecule has 1 heterocycles. The third kappa shape index (κ3) is 4.39. The summed E-state index contributed by atoms with van der Waals surface area (Å²) in [5, 5.41) is 9.51.